The van der Waals surface area contributed by atoms with Gasteiger partial charge in [-0.05, 0) is 26.0 Å². The maximum absolute atomic E-state index is 11.7. The van der Waals surface area contributed by atoms with Crippen molar-refractivity contribution in [1.29, 1.82) is 0 Å². The number of hydrazone groups is 1. The summed E-state index contributed by atoms with van der Waals surface area (Å²) in [6.45, 7) is 3.19. The molecule has 1 aromatic carbocycles. The summed E-state index contributed by atoms with van der Waals surface area (Å²) in [7, 11) is 0. The summed E-state index contributed by atoms with van der Waals surface area (Å²) >= 11 is 0. The van der Waals surface area contributed by atoms with Crippen LogP contribution in [-0.2, 0) is 0 Å². The number of nitrogens with zero attached hydrogens (tertiary/aromatic N) is 2. The fourth-order valence-corrected chi connectivity index (χ4v) is 1.05. The summed E-state index contributed by atoms with van der Waals surface area (Å²) in [4.78, 5) is 11.7. The molecule has 1 rings (SSSR count). The number of nitrogens with one attached hydrogen (secondary N) is 1. The highest BCUT2D eigenvalue weighted by molar-refractivity contribution is 6.40. The number of amides is 1. The van der Waals surface area contributed by atoms with Gasteiger partial charge in [-0.1, -0.05) is 17.3 Å². The molecule has 6 nitrogen and oxygen atoms in total. The van der Waals surface area contributed by atoms with Gasteiger partial charge >= 0.3 is 0 Å². The molecule has 0 aliphatic carbocycles. The van der Waals surface area contributed by atoms with Gasteiger partial charge in [0.1, 0.15) is 0 Å². The van der Waals surface area contributed by atoms with E-state index in [9.17, 15) is 4.79 Å². The van der Waals surface area contributed by atoms with E-state index in [1.807, 2.05) is 0 Å². The summed E-state index contributed by atoms with van der Waals surface area (Å²) in [5, 5.41) is 15.3. The Morgan fingerprint density at radius 3 is 2.53 bits per heavy atom. The molecule has 0 bridgehead atoms. The van der Waals surface area contributed by atoms with Crippen LogP contribution < -0.4 is 11.2 Å². The predicted octanol–water partition coefficient (Wildman–Crippen LogP) is 1.22. The van der Waals surface area contributed by atoms with Crippen LogP contribution in [0, 0.1) is 0 Å². The van der Waals surface area contributed by atoms with Crippen molar-refractivity contribution in [3.05, 3.63) is 29.8 Å². The highest BCUT2D eigenvalue weighted by Gasteiger charge is 2.07. The average Bonchev–Trinajstić information content (AvgIpc) is 2.35. The van der Waals surface area contributed by atoms with Crippen molar-refractivity contribution >= 4 is 23.0 Å². The van der Waals surface area contributed by atoms with Crippen molar-refractivity contribution in [2.24, 2.45) is 10.3 Å². The molecule has 0 aliphatic heterocycles. The Labute approximate surface area is 98.8 Å². The molecule has 0 fully saturated rings. The first-order valence-electron chi connectivity index (χ1n) is 4.94. The Balaban J connectivity index is 2.78. The van der Waals surface area contributed by atoms with Gasteiger partial charge in [-0.2, -0.15) is 5.10 Å². The molecule has 0 aromatic heterocycles. The van der Waals surface area contributed by atoms with Crippen LogP contribution in [0.5, 0.6) is 0 Å². The Morgan fingerprint density at radius 1 is 1.29 bits per heavy atom. The van der Waals surface area contributed by atoms with Crippen molar-refractivity contribution in [1.82, 2.24) is 5.43 Å². The molecule has 90 valence electrons. The predicted molar refractivity (Wildman–Crippen MR) is 66.3 cm³/mol. The molecule has 0 saturated heterocycles. The number of hydrogen-bond acceptors (Lipinski definition) is 5. The number of nitrogen functional groups attached to an aromatic ring is 1. The molecule has 0 aliphatic rings. The first-order valence-corrected chi connectivity index (χ1v) is 4.94. The molecule has 6 heteroatoms. The number of benzene rings is 1. The number of hydrogen-bond donors (Lipinski definition) is 3. The number of carbonyl (C=O) groups is 1. The topological polar surface area (TPSA) is 100 Å². The summed E-state index contributed by atoms with van der Waals surface area (Å²) in [6, 6.07) is 6.68. The molecule has 0 spiro atoms. The molecule has 0 atom stereocenters. The Morgan fingerprint density at radius 2 is 1.94 bits per heavy atom. The summed E-state index contributed by atoms with van der Waals surface area (Å²) in [5.74, 6) is -0.409. The van der Waals surface area contributed by atoms with Crippen LogP contribution >= 0.6 is 0 Å². The average molecular weight is 234 g/mol. The lowest BCUT2D eigenvalue weighted by Crippen LogP contribution is -2.22. The molecular weight excluding hydrogens is 220 g/mol. The van der Waals surface area contributed by atoms with Gasteiger partial charge in [-0.3, -0.25) is 4.79 Å². The second-order valence-corrected chi connectivity index (χ2v) is 3.41. The van der Waals surface area contributed by atoms with Crippen LogP contribution in [0.2, 0.25) is 0 Å². The number of oxime groups is 1. The number of rotatable bonds is 3. The molecule has 4 N–H and O–H groups in total. The van der Waals surface area contributed by atoms with Gasteiger partial charge in [-0.15, -0.1) is 0 Å². The Kier molecular flexibility index (Phi) is 4.21. The van der Waals surface area contributed by atoms with Crippen molar-refractivity contribution in [3.8, 4) is 0 Å². The quantitative estimate of drug-likeness (QED) is 0.317. The molecule has 0 heterocycles. The van der Waals surface area contributed by atoms with Crippen LogP contribution in [0.1, 0.15) is 24.2 Å². The minimum absolute atomic E-state index is 0.325. The van der Waals surface area contributed by atoms with Crippen molar-refractivity contribution in [3.63, 3.8) is 0 Å². The number of carbonyl (C=O) groups excluding carboxylic acids is 1. The van der Waals surface area contributed by atoms with Crippen LogP contribution in [-0.4, -0.2) is 22.5 Å². The second-order valence-electron chi connectivity index (χ2n) is 3.41. The minimum Gasteiger partial charge on any atom is -0.411 e. The standard InChI is InChI=1S/C11H14N4O2/c1-7(8(2)15-17)13-14-11(16)9-5-3-4-6-10(9)12/h3-6,17H,12H2,1-2H3,(H,14,16)/b13-7+,15-8+. The fourth-order valence-electron chi connectivity index (χ4n) is 1.05. The molecule has 1 amide bonds. The van der Waals surface area contributed by atoms with Crippen LogP contribution in [0.3, 0.4) is 0 Å². The van der Waals surface area contributed by atoms with Crippen molar-refractivity contribution in [2.75, 3.05) is 5.73 Å². The van der Waals surface area contributed by atoms with Crippen LogP contribution in [0.15, 0.2) is 34.5 Å². The van der Waals surface area contributed by atoms with Gasteiger partial charge < -0.3 is 10.9 Å². The minimum atomic E-state index is -0.409. The smallest absolute Gasteiger partial charge is 0.273 e. The lowest BCUT2D eigenvalue weighted by Gasteiger charge is -2.04. The largest absolute Gasteiger partial charge is 0.411 e. The van der Waals surface area contributed by atoms with E-state index in [-0.39, 0.29) is 0 Å². The number of anilines is 1. The van der Waals surface area contributed by atoms with Gasteiger partial charge in [0.25, 0.3) is 5.91 Å². The maximum Gasteiger partial charge on any atom is 0.273 e. The van der Waals surface area contributed by atoms with Gasteiger partial charge in [-0.25, -0.2) is 5.43 Å². The monoisotopic (exact) mass is 234 g/mol. The molecule has 1 aromatic rings. The van der Waals surface area contributed by atoms with E-state index in [2.05, 4.69) is 15.7 Å². The van der Waals surface area contributed by atoms with E-state index in [0.717, 1.165) is 0 Å². The van der Waals surface area contributed by atoms with E-state index in [0.29, 0.717) is 22.7 Å². The summed E-state index contributed by atoms with van der Waals surface area (Å²) in [5.41, 5.74) is 9.44. The van der Waals surface area contributed by atoms with E-state index in [1.165, 1.54) is 0 Å². The highest BCUT2D eigenvalue weighted by atomic mass is 16.4. The van der Waals surface area contributed by atoms with E-state index in [4.69, 9.17) is 10.9 Å². The molecule has 0 unspecified atom stereocenters. The Hall–Kier alpha value is -2.37. The van der Waals surface area contributed by atoms with Gasteiger partial charge in [0.05, 0.1) is 17.0 Å². The maximum atomic E-state index is 11.7. The van der Waals surface area contributed by atoms with Crippen LogP contribution in [0.25, 0.3) is 0 Å². The lowest BCUT2D eigenvalue weighted by molar-refractivity contribution is 0.0956. The summed E-state index contributed by atoms with van der Waals surface area (Å²) < 4.78 is 0. The lowest BCUT2D eigenvalue weighted by atomic mass is 10.2. The first kappa shape index (κ1) is 12.7. The fraction of sp³-hybridized carbons (Fsp3) is 0.182. The van der Waals surface area contributed by atoms with E-state index < -0.39 is 5.91 Å². The zero-order valence-corrected chi connectivity index (χ0v) is 9.64. The van der Waals surface area contributed by atoms with Gasteiger partial charge in [0.2, 0.25) is 0 Å². The van der Waals surface area contributed by atoms with E-state index >= 15 is 0 Å². The summed E-state index contributed by atoms with van der Waals surface area (Å²) in [6.07, 6.45) is 0. The third-order valence-electron chi connectivity index (χ3n) is 2.20. The SMILES string of the molecule is CC(=N\O)/C(C)=N/NC(=O)c1ccccc1N. The van der Waals surface area contributed by atoms with Crippen molar-refractivity contribution in [2.45, 2.75) is 13.8 Å². The number of nitrogens with two attached hydrogens (primary N) is 1. The molecule has 0 radical (unpaired) electrons. The molecule has 0 saturated carbocycles. The van der Waals surface area contributed by atoms with Gasteiger partial charge in [0.15, 0.2) is 0 Å². The van der Waals surface area contributed by atoms with Crippen LogP contribution in [0.4, 0.5) is 5.69 Å². The third kappa shape index (κ3) is 3.30. The second kappa shape index (κ2) is 5.64. The molecule has 17 heavy (non-hydrogen) atoms. The van der Waals surface area contributed by atoms with Gasteiger partial charge in [0, 0.05) is 5.69 Å². The zero-order valence-electron chi connectivity index (χ0n) is 9.64. The number of para-hydroxylation sites is 1. The van der Waals surface area contributed by atoms with Crippen molar-refractivity contribution < 1.29 is 10.0 Å². The molecular formula is C11H14N4O2. The zero-order chi connectivity index (χ0) is 12.8. The Bertz CT molecular complexity index is 480. The van der Waals surface area contributed by atoms with E-state index in [1.54, 1.807) is 38.1 Å². The normalized spacial score (nSPS) is 12.4. The highest BCUT2D eigenvalue weighted by Crippen LogP contribution is 2.09. The first-order chi connectivity index (χ1) is 8.06. The third-order valence-corrected chi connectivity index (χ3v) is 2.20.